The molecular weight excluding hydrogens is 242 g/mol. The van der Waals surface area contributed by atoms with Crippen molar-refractivity contribution in [2.75, 3.05) is 13.1 Å². The van der Waals surface area contributed by atoms with E-state index in [0.29, 0.717) is 17.9 Å². The number of likely N-dealkylation sites (tertiary alicyclic amines) is 1. The van der Waals surface area contributed by atoms with Gasteiger partial charge in [0.05, 0.1) is 11.7 Å². The van der Waals surface area contributed by atoms with Crippen molar-refractivity contribution >= 4 is 5.91 Å². The number of furan rings is 1. The van der Waals surface area contributed by atoms with Crippen molar-refractivity contribution in [1.82, 2.24) is 4.90 Å². The van der Waals surface area contributed by atoms with Crippen molar-refractivity contribution in [3.63, 3.8) is 0 Å². The highest BCUT2D eigenvalue weighted by molar-refractivity contribution is 5.96. The first-order valence-electron chi connectivity index (χ1n) is 6.95. The van der Waals surface area contributed by atoms with E-state index in [9.17, 15) is 9.90 Å². The van der Waals surface area contributed by atoms with Crippen LogP contribution in [0.15, 0.2) is 4.42 Å². The summed E-state index contributed by atoms with van der Waals surface area (Å²) in [7, 11) is 0. The van der Waals surface area contributed by atoms with Crippen LogP contribution in [0.1, 0.15) is 47.2 Å². The lowest BCUT2D eigenvalue weighted by atomic mass is 9.93. The van der Waals surface area contributed by atoms with Crippen LogP contribution in [0.3, 0.4) is 0 Å². The molecule has 1 aliphatic heterocycles. The van der Waals surface area contributed by atoms with Crippen LogP contribution in [0.5, 0.6) is 0 Å². The number of carbonyl (C=O) groups excluding carboxylic acids is 1. The van der Waals surface area contributed by atoms with Crippen LogP contribution in [0.2, 0.25) is 0 Å². The molecule has 1 aromatic heterocycles. The fraction of sp³-hybridized carbons (Fsp3) is 0.667. The van der Waals surface area contributed by atoms with E-state index in [1.165, 1.54) is 0 Å². The SMILES string of the molecule is Cc1oc(C)c(C(=O)N2CCCC(C(C)O)C2)c1C. The van der Waals surface area contributed by atoms with E-state index in [4.69, 9.17) is 4.42 Å². The van der Waals surface area contributed by atoms with Gasteiger partial charge in [0.2, 0.25) is 0 Å². The molecule has 4 nitrogen and oxygen atoms in total. The van der Waals surface area contributed by atoms with Crippen molar-refractivity contribution < 1.29 is 14.3 Å². The second kappa shape index (κ2) is 5.37. The first-order chi connectivity index (χ1) is 8.91. The Bertz CT molecular complexity index is 476. The van der Waals surface area contributed by atoms with Gasteiger partial charge in [-0.2, -0.15) is 0 Å². The fourth-order valence-corrected chi connectivity index (χ4v) is 2.85. The molecule has 1 amide bonds. The van der Waals surface area contributed by atoms with Crippen LogP contribution in [-0.4, -0.2) is 35.1 Å². The summed E-state index contributed by atoms with van der Waals surface area (Å²) in [5, 5.41) is 9.70. The lowest BCUT2D eigenvalue weighted by molar-refractivity contribution is 0.0464. The van der Waals surface area contributed by atoms with Crippen LogP contribution >= 0.6 is 0 Å². The number of hydrogen-bond acceptors (Lipinski definition) is 3. The zero-order valence-electron chi connectivity index (χ0n) is 12.2. The van der Waals surface area contributed by atoms with Gasteiger partial charge in [-0.15, -0.1) is 0 Å². The Morgan fingerprint density at radius 2 is 2.05 bits per heavy atom. The summed E-state index contributed by atoms with van der Waals surface area (Å²) in [6.07, 6.45) is 1.59. The summed E-state index contributed by atoms with van der Waals surface area (Å²) >= 11 is 0. The largest absolute Gasteiger partial charge is 0.466 e. The highest BCUT2D eigenvalue weighted by atomic mass is 16.3. The van der Waals surface area contributed by atoms with Gasteiger partial charge in [-0.25, -0.2) is 0 Å². The minimum atomic E-state index is -0.358. The second-order valence-electron chi connectivity index (χ2n) is 5.61. The number of amides is 1. The molecule has 1 N–H and O–H groups in total. The number of carbonyl (C=O) groups is 1. The van der Waals surface area contributed by atoms with Gasteiger partial charge in [0.15, 0.2) is 0 Å². The Hall–Kier alpha value is -1.29. The van der Waals surface area contributed by atoms with E-state index in [2.05, 4.69) is 0 Å². The monoisotopic (exact) mass is 265 g/mol. The summed E-state index contributed by atoms with van der Waals surface area (Å²) < 4.78 is 5.53. The summed E-state index contributed by atoms with van der Waals surface area (Å²) in [6, 6.07) is 0. The number of rotatable bonds is 2. The molecule has 0 spiro atoms. The number of piperidine rings is 1. The van der Waals surface area contributed by atoms with Crippen molar-refractivity contribution in [3.8, 4) is 0 Å². The zero-order chi connectivity index (χ0) is 14.2. The van der Waals surface area contributed by atoms with E-state index in [1.54, 1.807) is 6.92 Å². The third-order valence-electron chi connectivity index (χ3n) is 4.20. The summed E-state index contributed by atoms with van der Waals surface area (Å²) in [4.78, 5) is 14.5. The molecule has 2 atom stereocenters. The lowest BCUT2D eigenvalue weighted by Gasteiger charge is -2.34. The second-order valence-corrected chi connectivity index (χ2v) is 5.61. The van der Waals surface area contributed by atoms with Gasteiger partial charge in [-0.3, -0.25) is 4.79 Å². The number of aryl methyl sites for hydroxylation is 2. The molecule has 1 aromatic rings. The molecule has 106 valence electrons. The molecule has 0 bridgehead atoms. The predicted octanol–water partition coefficient (Wildman–Crippen LogP) is 2.44. The fourth-order valence-electron chi connectivity index (χ4n) is 2.85. The van der Waals surface area contributed by atoms with E-state index >= 15 is 0 Å². The highest BCUT2D eigenvalue weighted by Gasteiger charge is 2.29. The maximum atomic E-state index is 12.6. The first kappa shape index (κ1) is 14.1. The summed E-state index contributed by atoms with van der Waals surface area (Å²) in [6.45, 7) is 8.86. The van der Waals surface area contributed by atoms with E-state index < -0.39 is 0 Å². The van der Waals surface area contributed by atoms with Gasteiger partial charge in [0.1, 0.15) is 11.5 Å². The molecule has 0 radical (unpaired) electrons. The molecule has 2 heterocycles. The van der Waals surface area contributed by atoms with Gasteiger partial charge in [-0.1, -0.05) is 0 Å². The highest BCUT2D eigenvalue weighted by Crippen LogP contribution is 2.26. The Kier molecular flexibility index (Phi) is 3.99. The minimum Gasteiger partial charge on any atom is -0.466 e. The molecule has 2 unspecified atom stereocenters. The molecule has 0 aromatic carbocycles. The van der Waals surface area contributed by atoms with E-state index in [0.717, 1.165) is 30.7 Å². The predicted molar refractivity (Wildman–Crippen MR) is 73.2 cm³/mol. The number of hydrogen-bond donors (Lipinski definition) is 1. The van der Waals surface area contributed by atoms with Gasteiger partial charge >= 0.3 is 0 Å². The molecule has 1 fully saturated rings. The molecule has 1 aliphatic rings. The van der Waals surface area contributed by atoms with Crippen molar-refractivity contribution in [1.29, 1.82) is 0 Å². The molecule has 4 heteroatoms. The maximum absolute atomic E-state index is 12.6. The average molecular weight is 265 g/mol. The van der Waals surface area contributed by atoms with Crippen LogP contribution in [-0.2, 0) is 0 Å². The summed E-state index contributed by atoms with van der Waals surface area (Å²) in [5.74, 6) is 1.73. The molecule has 2 rings (SSSR count). The quantitative estimate of drug-likeness (QED) is 0.893. The zero-order valence-corrected chi connectivity index (χ0v) is 12.2. The Labute approximate surface area is 114 Å². The Morgan fingerprint density at radius 1 is 1.37 bits per heavy atom. The van der Waals surface area contributed by atoms with Crippen molar-refractivity contribution in [3.05, 3.63) is 22.6 Å². The first-order valence-corrected chi connectivity index (χ1v) is 6.95. The van der Waals surface area contributed by atoms with Crippen LogP contribution in [0.4, 0.5) is 0 Å². The number of aliphatic hydroxyl groups is 1. The van der Waals surface area contributed by atoms with Crippen LogP contribution in [0, 0.1) is 26.7 Å². The molecule has 19 heavy (non-hydrogen) atoms. The Balaban J connectivity index is 2.19. The molecular formula is C15H23NO3. The van der Waals surface area contributed by atoms with Gasteiger partial charge in [0.25, 0.3) is 5.91 Å². The molecule has 0 saturated carbocycles. The third kappa shape index (κ3) is 2.68. The minimum absolute atomic E-state index is 0.0391. The van der Waals surface area contributed by atoms with E-state index in [-0.39, 0.29) is 17.9 Å². The van der Waals surface area contributed by atoms with Gasteiger partial charge in [-0.05, 0) is 40.5 Å². The number of nitrogens with zero attached hydrogens (tertiary/aromatic N) is 1. The number of aliphatic hydroxyl groups excluding tert-OH is 1. The maximum Gasteiger partial charge on any atom is 0.257 e. The van der Waals surface area contributed by atoms with E-state index in [1.807, 2.05) is 25.7 Å². The average Bonchev–Trinajstić information content (AvgIpc) is 2.62. The summed E-state index contributed by atoms with van der Waals surface area (Å²) in [5.41, 5.74) is 1.63. The smallest absolute Gasteiger partial charge is 0.257 e. The normalized spacial score (nSPS) is 21.5. The van der Waals surface area contributed by atoms with Gasteiger partial charge < -0.3 is 14.4 Å². The lowest BCUT2D eigenvalue weighted by Crippen LogP contribution is -2.43. The third-order valence-corrected chi connectivity index (χ3v) is 4.20. The molecule has 1 saturated heterocycles. The Morgan fingerprint density at radius 3 is 2.58 bits per heavy atom. The van der Waals surface area contributed by atoms with Crippen LogP contribution < -0.4 is 0 Å². The molecule has 0 aliphatic carbocycles. The van der Waals surface area contributed by atoms with Crippen molar-refractivity contribution in [2.24, 2.45) is 5.92 Å². The van der Waals surface area contributed by atoms with Crippen molar-refractivity contribution in [2.45, 2.75) is 46.6 Å². The topological polar surface area (TPSA) is 53.7 Å². The standard InChI is InChI=1S/C15H23NO3/c1-9-11(3)19-12(4)14(9)15(18)16-7-5-6-13(8-16)10(2)17/h10,13,17H,5-8H2,1-4H3. The van der Waals surface area contributed by atoms with Crippen LogP contribution in [0.25, 0.3) is 0 Å². The van der Waals surface area contributed by atoms with Gasteiger partial charge in [0, 0.05) is 24.6 Å².